The van der Waals surface area contributed by atoms with Crippen LogP contribution in [0, 0.1) is 0 Å². The van der Waals surface area contributed by atoms with Gasteiger partial charge in [0.1, 0.15) is 5.75 Å². The van der Waals surface area contributed by atoms with Gasteiger partial charge in [-0.3, -0.25) is 9.59 Å². The van der Waals surface area contributed by atoms with E-state index in [2.05, 4.69) is 0 Å². The maximum Gasteiger partial charge on any atom is 0.313 e. The zero-order valence-corrected chi connectivity index (χ0v) is 11.9. The van der Waals surface area contributed by atoms with Gasteiger partial charge in [0.25, 0.3) is 5.56 Å². The highest BCUT2D eigenvalue weighted by molar-refractivity contribution is 5.85. The van der Waals surface area contributed by atoms with Crippen LogP contribution in [-0.2, 0) is 17.3 Å². The van der Waals surface area contributed by atoms with Crippen LogP contribution in [-0.4, -0.2) is 22.8 Å². The molecule has 106 valence electrons. The Hall–Kier alpha value is -2.30. The van der Waals surface area contributed by atoms with Crippen LogP contribution in [0.2, 0.25) is 0 Å². The number of carbonyl (C=O) groups is 1. The van der Waals surface area contributed by atoms with Gasteiger partial charge in [-0.2, -0.15) is 0 Å². The summed E-state index contributed by atoms with van der Waals surface area (Å²) in [6, 6.07) is 6.97. The van der Waals surface area contributed by atoms with Gasteiger partial charge in [0.05, 0.1) is 18.0 Å². The minimum atomic E-state index is -1.24. The summed E-state index contributed by atoms with van der Waals surface area (Å²) in [7, 11) is 3.20. The van der Waals surface area contributed by atoms with Gasteiger partial charge in [-0.15, -0.1) is 0 Å². The van der Waals surface area contributed by atoms with Crippen molar-refractivity contribution in [1.82, 2.24) is 4.57 Å². The molecule has 5 nitrogen and oxygen atoms in total. The summed E-state index contributed by atoms with van der Waals surface area (Å²) >= 11 is 0. The Kier molecular flexibility index (Phi) is 3.29. The summed E-state index contributed by atoms with van der Waals surface area (Å²) < 4.78 is 6.63. The third kappa shape index (κ3) is 2.05. The smallest absolute Gasteiger partial charge is 0.313 e. The van der Waals surface area contributed by atoms with Crippen LogP contribution < -0.4 is 10.3 Å². The predicted octanol–water partition coefficient (Wildman–Crippen LogP) is 1.91. The topological polar surface area (TPSA) is 68.5 Å². The summed E-state index contributed by atoms with van der Waals surface area (Å²) in [6.07, 6.45) is 0. The summed E-state index contributed by atoms with van der Waals surface area (Å²) in [4.78, 5) is 23.7. The van der Waals surface area contributed by atoms with Crippen LogP contribution in [0.25, 0.3) is 10.9 Å². The molecule has 0 saturated carbocycles. The first-order chi connectivity index (χ1) is 9.28. The van der Waals surface area contributed by atoms with Gasteiger partial charge in [0, 0.05) is 18.0 Å². The molecule has 20 heavy (non-hydrogen) atoms. The van der Waals surface area contributed by atoms with Crippen molar-refractivity contribution in [2.24, 2.45) is 7.05 Å². The number of aromatic nitrogens is 1. The van der Waals surface area contributed by atoms with Gasteiger partial charge >= 0.3 is 5.97 Å². The van der Waals surface area contributed by atoms with E-state index in [0.717, 1.165) is 10.9 Å². The molecular weight excluding hydrogens is 258 g/mol. The molecule has 1 aromatic carbocycles. The maximum atomic E-state index is 12.4. The van der Waals surface area contributed by atoms with E-state index in [1.807, 2.05) is 0 Å². The molecule has 0 aliphatic rings. The predicted molar refractivity (Wildman–Crippen MR) is 76.4 cm³/mol. The van der Waals surface area contributed by atoms with E-state index in [0.29, 0.717) is 5.75 Å². The lowest BCUT2D eigenvalue weighted by atomic mass is 9.85. The molecule has 0 radical (unpaired) electrons. The molecule has 2 rings (SSSR count). The molecule has 0 atom stereocenters. The second-order valence-corrected chi connectivity index (χ2v) is 5.28. The number of ether oxygens (including phenoxy) is 1. The summed E-state index contributed by atoms with van der Waals surface area (Å²) in [5.41, 5.74) is -0.546. The number of carboxylic acids is 1. The molecule has 0 saturated heterocycles. The quantitative estimate of drug-likeness (QED) is 0.929. The van der Waals surface area contributed by atoms with E-state index in [1.54, 1.807) is 38.4 Å². The Morgan fingerprint density at radius 3 is 2.50 bits per heavy atom. The number of rotatable bonds is 3. The number of methoxy groups -OCH3 is 1. The lowest BCUT2D eigenvalue weighted by molar-refractivity contribution is -0.142. The minimum Gasteiger partial charge on any atom is -0.497 e. The van der Waals surface area contributed by atoms with Crippen molar-refractivity contribution in [3.8, 4) is 5.75 Å². The zero-order chi connectivity index (χ0) is 15.1. The number of fused-ring (bicyclic) bond motifs is 1. The molecular formula is C15H17NO4. The fourth-order valence-corrected chi connectivity index (χ4v) is 2.15. The van der Waals surface area contributed by atoms with Gasteiger partial charge in [-0.05, 0) is 38.1 Å². The van der Waals surface area contributed by atoms with Crippen LogP contribution >= 0.6 is 0 Å². The third-order valence-corrected chi connectivity index (χ3v) is 3.64. The molecule has 0 amide bonds. The SMILES string of the molecule is COc1ccc2c(c1)cc(C(C)(C)C(=O)O)c(=O)n2C. The second kappa shape index (κ2) is 4.67. The molecule has 5 heteroatoms. The number of pyridine rings is 1. The van der Waals surface area contributed by atoms with Gasteiger partial charge in [-0.25, -0.2) is 0 Å². The van der Waals surface area contributed by atoms with Crippen LogP contribution in [0.3, 0.4) is 0 Å². The molecule has 2 aromatic rings. The van der Waals surface area contributed by atoms with E-state index in [9.17, 15) is 14.7 Å². The zero-order valence-electron chi connectivity index (χ0n) is 11.9. The first kappa shape index (κ1) is 14.1. The number of aryl methyl sites for hydroxylation is 1. The van der Waals surface area contributed by atoms with Crippen LogP contribution in [0.5, 0.6) is 5.75 Å². The molecule has 0 fully saturated rings. The second-order valence-electron chi connectivity index (χ2n) is 5.28. The number of benzene rings is 1. The normalized spacial score (nSPS) is 11.6. The molecule has 1 N–H and O–H groups in total. The molecule has 0 aliphatic carbocycles. The monoisotopic (exact) mass is 275 g/mol. The van der Waals surface area contributed by atoms with Crippen molar-refractivity contribution in [2.45, 2.75) is 19.3 Å². The molecule has 1 aromatic heterocycles. The number of hydrogen-bond acceptors (Lipinski definition) is 3. The summed E-state index contributed by atoms with van der Waals surface area (Å²) in [5.74, 6) is -0.368. The van der Waals surface area contributed by atoms with Gasteiger partial charge < -0.3 is 14.4 Å². The van der Waals surface area contributed by atoms with Crippen molar-refractivity contribution >= 4 is 16.9 Å². The highest BCUT2D eigenvalue weighted by Crippen LogP contribution is 2.26. The van der Waals surface area contributed by atoms with Crippen molar-refractivity contribution in [3.05, 3.63) is 40.2 Å². The van der Waals surface area contributed by atoms with E-state index in [4.69, 9.17) is 4.74 Å². The van der Waals surface area contributed by atoms with Crippen LogP contribution in [0.1, 0.15) is 19.4 Å². The van der Waals surface area contributed by atoms with Crippen LogP contribution in [0.15, 0.2) is 29.1 Å². The molecule has 0 unspecified atom stereocenters. The van der Waals surface area contributed by atoms with Crippen LogP contribution in [0.4, 0.5) is 0 Å². The van der Waals surface area contributed by atoms with E-state index >= 15 is 0 Å². The molecule has 0 spiro atoms. The Bertz CT molecular complexity index is 743. The molecule has 0 aliphatic heterocycles. The molecule has 0 bridgehead atoms. The van der Waals surface area contributed by atoms with Crippen molar-refractivity contribution in [3.63, 3.8) is 0 Å². The third-order valence-electron chi connectivity index (χ3n) is 3.64. The van der Waals surface area contributed by atoms with E-state index < -0.39 is 11.4 Å². The number of carboxylic acid groups (broad SMARTS) is 1. The number of hydrogen-bond donors (Lipinski definition) is 1. The molecule has 1 heterocycles. The lowest BCUT2D eigenvalue weighted by Gasteiger charge is -2.20. The summed E-state index contributed by atoms with van der Waals surface area (Å²) in [5, 5.41) is 10.1. The van der Waals surface area contributed by atoms with Gasteiger partial charge in [-0.1, -0.05) is 0 Å². The van der Waals surface area contributed by atoms with Crippen molar-refractivity contribution < 1.29 is 14.6 Å². The van der Waals surface area contributed by atoms with Crippen molar-refractivity contribution in [1.29, 1.82) is 0 Å². The van der Waals surface area contributed by atoms with Gasteiger partial charge in [0.15, 0.2) is 0 Å². The fraction of sp³-hybridized carbons (Fsp3) is 0.333. The Morgan fingerprint density at radius 1 is 1.30 bits per heavy atom. The highest BCUT2D eigenvalue weighted by atomic mass is 16.5. The highest BCUT2D eigenvalue weighted by Gasteiger charge is 2.33. The van der Waals surface area contributed by atoms with E-state index in [1.165, 1.54) is 18.4 Å². The largest absolute Gasteiger partial charge is 0.497 e. The standard InChI is InChI=1S/C15H17NO4/c1-15(2,14(18)19)11-8-9-7-10(20-4)5-6-12(9)16(3)13(11)17/h5-8H,1-4H3,(H,18,19). The number of aliphatic carboxylic acids is 1. The minimum absolute atomic E-state index is 0.258. The Morgan fingerprint density at radius 2 is 1.95 bits per heavy atom. The Balaban J connectivity index is 2.84. The summed E-state index contributed by atoms with van der Waals surface area (Å²) in [6.45, 7) is 3.05. The first-order valence-corrected chi connectivity index (χ1v) is 6.20. The lowest BCUT2D eigenvalue weighted by Crippen LogP contribution is -2.37. The average molecular weight is 275 g/mol. The first-order valence-electron chi connectivity index (χ1n) is 6.20. The number of nitrogens with zero attached hydrogens (tertiary/aromatic N) is 1. The fourth-order valence-electron chi connectivity index (χ4n) is 2.15. The van der Waals surface area contributed by atoms with Gasteiger partial charge in [0.2, 0.25) is 0 Å². The Labute approximate surface area is 116 Å². The average Bonchev–Trinajstić information content (AvgIpc) is 2.41. The van der Waals surface area contributed by atoms with E-state index in [-0.39, 0.29) is 11.1 Å². The van der Waals surface area contributed by atoms with Crippen molar-refractivity contribution in [2.75, 3.05) is 7.11 Å². The maximum absolute atomic E-state index is 12.4.